The molecule has 0 fully saturated rings. The van der Waals surface area contributed by atoms with Crippen molar-refractivity contribution in [2.24, 2.45) is 10.7 Å². The van der Waals surface area contributed by atoms with E-state index in [2.05, 4.69) is 10.3 Å². The fourth-order valence-electron chi connectivity index (χ4n) is 3.13. The highest BCUT2D eigenvalue weighted by Gasteiger charge is 2.30. The van der Waals surface area contributed by atoms with Crippen molar-refractivity contribution >= 4 is 39.5 Å². The number of amidine groups is 1. The first kappa shape index (κ1) is 17.6. The number of nitrogens with two attached hydrogens (primary N) is 1. The highest BCUT2D eigenvalue weighted by atomic mass is 32.2. The largest absolute Gasteiger partial charge is 0.451 e. The number of aliphatic imine (C=N–C) groups is 1. The maximum absolute atomic E-state index is 14.3. The molecule has 0 saturated heterocycles. The fraction of sp³-hybridized carbons (Fsp3) is 0.200. The molecule has 0 bridgehead atoms. The first-order valence-corrected chi connectivity index (χ1v) is 9.51. The Morgan fingerprint density at radius 2 is 2.11 bits per heavy atom. The van der Waals surface area contributed by atoms with E-state index in [0.29, 0.717) is 10.8 Å². The third kappa shape index (κ3) is 3.42. The van der Waals surface area contributed by atoms with Crippen LogP contribution in [0.1, 0.15) is 29.5 Å². The highest BCUT2D eigenvalue weighted by Crippen LogP contribution is 2.36. The van der Waals surface area contributed by atoms with Crippen molar-refractivity contribution < 1.29 is 13.6 Å². The summed E-state index contributed by atoms with van der Waals surface area (Å²) in [6, 6.07) is 13.6. The molecule has 2 heterocycles. The average molecular weight is 383 g/mol. The van der Waals surface area contributed by atoms with Gasteiger partial charge in [0.15, 0.2) is 10.9 Å². The summed E-state index contributed by atoms with van der Waals surface area (Å²) >= 11 is 1.50. The number of anilines is 1. The maximum Gasteiger partial charge on any atom is 0.291 e. The van der Waals surface area contributed by atoms with Gasteiger partial charge in [-0.05, 0) is 43.2 Å². The van der Waals surface area contributed by atoms with Crippen LogP contribution in [-0.4, -0.2) is 16.8 Å². The normalized spacial score (nSPS) is 19.7. The van der Waals surface area contributed by atoms with E-state index in [4.69, 9.17) is 10.2 Å². The number of amides is 1. The molecule has 1 atom stereocenters. The van der Waals surface area contributed by atoms with Crippen LogP contribution < -0.4 is 11.1 Å². The third-order valence-corrected chi connectivity index (χ3v) is 5.48. The van der Waals surface area contributed by atoms with E-state index < -0.39 is 17.3 Å². The highest BCUT2D eigenvalue weighted by molar-refractivity contribution is 8.13. The van der Waals surface area contributed by atoms with Crippen molar-refractivity contribution in [3.8, 4) is 0 Å². The number of carbonyl (C=O) groups is 1. The molecule has 4 rings (SSSR count). The van der Waals surface area contributed by atoms with Gasteiger partial charge >= 0.3 is 0 Å². The fourth-order valence-corrected chi connectivity index (χ4v) is 4.10. The Labute approximate surface area is 159 Å². The minimum Gasteiger partial charge on any atom is -0.451 e. The molecular weight excluding hydrogens is 365 g/mol. The van der Waals surface area contributed by atoms with Gasteiger partial charge in [-0.25, -0.2) is 4.39 Å². The van der Waals surface area contributed by atoms with Gasteiger partial charge in [-0.15, -0.1) is 0 Å². The van der Waals surface area contributed by atoms with Gasteiger partial charge in [0.25, 0.3) is 5.91 Å². The van der Waals surface area contributed by atoms with Crippen LogP contribution in [0.4, 0.5) is 10.1 Å². The number of hydrogen-bond donors (Lipinski definition) is 2. The Bertz CT molecular complexity index is 1030. The minimum atomic E-state index is -0.540. The van der Waals surface area contributed by atoms with Gasteiger partial charge in [-0.2, -0.15) is 0 Å². The van der Waals surface area contributed by atoms with Crippen LogP contribution in [-0.2, 0) is 5.54 Å². The van der Waals surface area contributed by atoms with Crippen LogP contribution in [0.15, 0.2) is 57.9 Å². The standard InChI is InChI=1S/C20H18FN3O2S/c1-20(8-9-27-19(22)24-20)13-6-7-14(21)15(11-13)23-18(25)17-10-12-4-2-3-5-16(12)26-17/h2-7,10-11H,8-9H2,1H3,(H2,22,24)(H,23,25). The summed E-state index contributed by atoms with van der Waals surface area (Å²) in [5.41, 5.74) is 6.82. The summed E-state index contributed by atoms with van der Waals surface area (Å²) in [5, 5.41) is 3.93. The van der Waals surface area contributed by atoms with Gasteiger partial charge in [0.2, 0.25) is 0 Å². The summed E-state index contributed by atoms with van der Waals surface area (Å²) in [6.45, 7) is 1.96. The smallest absolute Gasteiger partial charge is 0.291 e. The summed E-state index contributed by atoms with van der Waals surface area (Å²) in [5.74, 6) is -0.0590. The quantitative estimate of drug-likeness (QED) is 0.698. The van der Waals surface area contributed by atoms with Crippen LogP contribution in [0.3, 0.4) is 0 Å². The lowest BCUT2D eigenvalue weighted by molar-refractivity contribution is 0.0998. The molecule has 2 aromatic carbocycles. The molecule has 0 saturated carbocycles. The zero-order valence-corrected chi connectivity index (χ0v) is 15.5. The van der Waals surface area contributed by atoms with Crippen LogP contribution in [0, 0.1) is 5.82 Å². The Balaban J connectivity index is 1.63. The lowest BCUT2D eigenvalue weighted by Gasteiger charge is -2.30. The Morgan fingerprint density at radius 1 is 1.30 bits per heavy atom. The molecule has 7 heteroatoms. The number of hydrogen-bond acceptors (Lipinski definition) is 5. The van der Waals surface area contributed by atoms with E-state index in [9.17, 15) is 9.18 Å². The van der Waals surface area contributed by atoms with Gasteiger partial charge in [-0.3, -0.25) is 9.79 Å². The first-order chi connectivity index (χ1) is 12.9. The Kier molecular flexibility index (Phi) is 4.39. The number of furan rings is 1. The SMILES string of the molecule is CC1(c2ccc(F)c(NC(=O)c3cc4ccccc4o3)c2)CCSC(N)=N1. The molecule has 0 radical (unpaired) electrons. The van der Waals surface area contributed by atoms with Gasteiger partial charge in [-0.1, -0.05) is 36.0 Å². The monoisotopic (exact) mass is 383 g/mol. The summed E-state index contributed by atoms with van der Waals surface area (Å²) in [6.07, 6.45) is 0.779. The molecule has 1 aromatic heterocycles. The van der Waals surface area contributed by atoms with Crippen molar-refractivity contribution in [1.29, 1.82) is 0 Å². The van der Waals surface area contributed by atoms with Crippen LogP contribution in [0.5, 0.6) is 0 Å². The second-order valence-corrected chi connectivity index (χ2v) is 7.73. The minimum absolute atomic E-state index is 0.0891. The number of benzene rings is 2. The van der Waals surface area contributed by atoms with Gasteiger partial charge in [0.1, 0.15) is 11.4 Å². The topological polar surface area (TPSA) is 80.6 Å². The van der Waals surface area contributed by atoms with Crippen molar-refractivity contribution in [1.82, 2.24) is 0 Å². The zero-order chi connectivity index (χ0) is 19.0. The lowest BCUT2D eigenvalue weighted by atomic mass is 9.89. The lowest BCUT2D eigenvalue weighted by Crippen LogP contribution is -2.29. The Morgan fingerprint density at radius 3 is 2.89 bits per heavy atom. The molecule has 0 aliphatic carbocycles. The third-order valence-electron chi connectivity index (χ3n) is 4.68. The molecule has 3 aromatic rings. The van der Waals surface area contributed by atoms with Crippen LogP contribution in [0.25, 0.3) is 11.0 Å². The maximum atomic E-state index is 14.3. The number of thioether (sulfide) groups is 1. The molecule has 0 spiro atoms. The van der Waals surface area contributed by atoms with Crippen molar-refractivity contribution in [2.45, 2.75) is 18.9 Å². The van der Waals surface area contributed by atoms with Crippen molar-refractivity contribution in [3.63, 3.8) is 0 Å². The number of nitrogens with one attached hydrogen (secondary N) is 1. The van der Waals surface area contributed by atoms with Crippen molar-refractivity contribution in [2.75, 3.05) is 11.1 Å². The van der Waals surface area contributed by atoms with Gasteiger partial charge < -0.3 is 15.5 Å². The van der Waals surface area contributed by atoms with Crippen LogP contribution >= 0.6 is 11.8 Å². The predicted molar refractivity (Wildman–Crippen MR) is 107 cm³/mol. The molecule has 1 unspecified atom stereocenters. The molecule has 138 valence electrons. The number of para-hydroxylation sites is 1. The first-order valence-electron chi connectivity index (χ1n) is 8.53. The number of nitrogens with zero attached hydrogens (tertiary/aromatic N) is 1. The second-order valence-electron chi connectivity index (χ2n) is 6.62. The van der Waals surface area contributed by atoms with E-state index in [1.54, 1.807) is 24.3 Å². The summed E-state index contributed by atoms with van der Waals surface area (Å²) in [7, 11) is 0. The van der Waals surface area contributed by atoms with Crippen molar-refractivity contribution in [3.05, 3.63) is 65.7 Å². The summed E-state index contributed by atoms with van der Waals surface area (Å²) < 4.78 is 19.9. The van der Waals surface area contributed by atoms with Gasteiger partial charge in [0.05, 0.1) is 11.2 Å². The second kappa shape index (κ2) is 6.74. The number of carbonyl (C=O) groups excluding carboxylic acids is 1. The molecular formula is C20H18FN3O2S. The molecule has 1 amide bonds. The van der Waals surface area contributed by atoms with Crippen LogP contribution in [0.2, 0.25) is 0 Å². The predicted octanol–water partition coefficient (Wildman–Crippen LogP) is 4.49. The number of rotatable bonds is 3. The van der Waals surface area contributed by atoms with E-state index in [0.717, 1.165) is 23.1 Å². The van der Waals surface area contributed by atoms with E-state index in [1.165, 1.54) is 17.8 Å². The van der Waals surface area contributed by atoms with E-state index >= 15 is 0 Å². The van der Waals surface area contributed by atoms with E-state index in [-0.39, 0.29) is 11.4 Å². The molecule has 27 heavy (non-hydrogen) atoms. The van der Waals surface area contributed by atoms with E-state index in [1.807, 2.05) is 25.1 Å². The number of fused-ring (bicyclic) bond motifs is 1. The molecule has 1 aliphatic rings. The van der Waals surface area contributed by atoms with Gasteiger partial charge in [0, 0.05) is 11.1 Å². The average Bonchev–Trinajstić information content (AvgIpc) is 3.07. The zero-order valence-electron chi connectivity index (χ0n) is 14.7. The Hall–Kier alpha value is -2.80. The number of halogens is 1. The summed E-state index contributed by atoms with van der Waals surface area (Å²) in [4.78, 5) is 17.1. The molecule has 5 nitrogen and oxygen atoms in total. The molecule has 1 aliphatic heterocycles. The molecule has 3 N–H and O–H groups in total.